The number of halogens is 6. The van der Waals surface area contributed by atoms with Crippen molar-refractivity contribution in [2.75, 3.05) is 0 Å². The van der Waals surface area contributed by atoms with Crippen LogP contribution in [0.15, 0.2) is 30.3 Å². The van der Waals surface area contributed by atoms with Crippen LogP contribution in [0.1, 0.15) is 65.0 Å². The van der Waals surface area contributed by atoms with Crippen LogP contribution in [0.25, 0.3) is 0 Å². The van der Waals surface area contributed by atoms with Crippen molar-refractivity contribution >= 4 is 11.8 Å². The van der Waals surface area contributed by atoms with E-state index in [0.717, 1.165) is 4.90 Å². The van der Waals surface area contributed by atoms with E-state index in [4.69, 9.17) is 0 Å². The third-order valence-electron chi connectivity index (χ3n) is 5.30. The van der Waals surface area contributed by atoms with Crippen LogP contribution in [0.4, 0.5) is 26.3 Å². The first kappa shape index (κ1) is 25.4. The molecule has 2 amide bonds. The molecule has 2 aromatic rings. The molecule has 1 atom stereocenters. The second-order valence-corrected chi connectivity index (χ2v) is 9.16. The molecule has 0 aromatic heterocycles. The van der Waals surface area contributed by atoms with Crippen LogP contribution in [0.3, 0.4) is 0 Å². The second-order valence-electron chi connectivity index (χ2n) is 9.16. The molecular formula is C23H22F6N2O3. The van der Waals surface area contributed by atoms with Crippen LogP contribution in [-0.4, -0.2) is 27.4 Å². The van der Waals surface area contributed by atoms with Gasteiger partial charge in [-0.1, -0.05) is 6.07 Å². The maximum absolute atomic E-state index is 13.3. The molecule has 0 spiro atoms. The summed E-state index contributed by atoms with van der Waals surface area (Å²) in [4.78, 5) is 27.2. The molecule has 1 heterocycles. The van der Waals surface area contributed by atoms with Crippen LogP contribution in [0, 0.1) is 6.92 Å². The lowest BCUT2D eigenvalue weighted by Gasteiger charge is -2.29. The van der Waals surface area contributed by atoms with Gasteiger partial charge in [-0.3, -0.25) is 9.59 Å². The summed E-state index contributed by atoms with van der Waals surface area (Å²) < 4.78 is 79.7. The molecule has 1 aliphatic heterocycles. The maximum atomic E-state index is 13.3. The van der Waals surface area contributed by atoms with Crippen LogP contribution in [0.5, 0.6) is 5.75 Å². The monoisotopic (exact) mass is 488 g/mol. The van der Waals surface area contributed by atoms with Crippen molar-refractivity contribution in [2.24, 2.45) is 0 Å². The summed E-state index contributed by atoms with van der Waals surface area (Å²) in [6.45, 7) is 5.77. The van der Waals surface area contributed by atoms with E-state index in [1.807, 2.05) is 0 Å². The topological polar surface area (TPSA) is 69.6 Å². The molecule has 1 unspecified atom stereocenters. The number of rotatable bonds is 3. The Labute approximate surface area is 191 Å². The Kier molecular flexibility index (Phi) is 6.13. The highest BCUT2D eigenvalue weighted by atomic mass is 19.4. The highest BCUT2D eigenvalue weighted by molar-refractivity contribution is 6.06. The molecule has 2 aromatic carbocycles. The van der Waals surface area contributed by atoms with Crippen LogP contribution in [-0.2, 0) is 23.7 Å². The molecule has 0 bridgehead atoms. The Morgan fingerprint density at radius 1 is 1.00 bits per heavy atom. The van der Waals surface area contributed by atoms with Gasteiger partial charge in [0.15, 0.2) is 0 Å². The molecule has 2 N–H and O–H groups in total. The minimum absolute atomic E-state index is 0.00394. The quantitative estimate of drug-likeness (QED) is 0.573. The molecule has 34 heavy (non-hydrogen) atoms. The third kappa shape index (κ3) is 4.97. The Bertz CT molecular complexity index is 1120. The number of hydrogen-bond acceptors (Lipinski definition) is 3. The van der Waals surface area contributed by atoms with Crippen molar-refractivity contribution in [1.29, 1.82) is 0 Å². The summed E-state index contributed by atoms with van der Waals surface area (Å²) in [5.41, 5.74) is -3.89. The lowest BCUT2D eigenvalue weighted by Crippen LogP contribution is -2.46. The van der Waals surface area contributed by atoms with Gasteiger partial charge in [0.05, 0.1) is 16.7 Å². The summed E-state index contributed by atoms with van der Waals surface area (Å²) in [5, 5.41) is 12.7. The molecule has 1 aliphatic rings. The molecule has 0 aliphatic carbocycles. The van der Waals surface area contributed by atoms with E-state index in [-0.39, 0.29) is 28.5 Å². The number of carbonyl (C=O) groups excluding carboxylic acids is 2. The molecule has 5 nitrogen and oxygen atoms in total. The number of nitrogens with one attached hydrogen (secondary N) is 1. The van der Waals surface area contributed by atoms with Crippen LogP contribution < -0.4 is 5.32 Å². The van der Waals surface area contributed by atoms with Crippen molar-refractivity contribution in [3.8, 4) is 5.75 Å². The summed E-state index contributed by atoms with van der Waals surface area (Å²) in [6.07, 6.45) is -10.1. The number of aromatic hydroxyl groups is 1. The average molecular weight is 488 g/mol. The lowest BCUT2D eigenvalue weighted by molar-refractivity contribution is -0.143. The largest absolute Gasteiger partial charge is 0.508 e. The predicted octanol–water partition coefficient (Wildman–Crippen LogP) is 5.35. The van der Waals surface area contributed by atoms with Crippen LogP contribution in [0.2, 0.25) is 0 Å². The minimum Gasteiger partial charge on any atom is -0.508 e. The van der Waals surface area contributed by atoms with Gasteiger partial charge in [-0.2, -0.15) is 26.3 Å². The van der Waals surface area contributed by atoms with Crippen molar-refractivity contribution in [1.82, 2.24) is 10.2 Å². The van der Waals surface area contributed by atoms with Gasteiger partial charge in [-0.05, 0) is 63.1 Å². The van der Waals surface area contributed by atoms with E-state index in [2.05, 4.69) is 5.32 Å². The number of alkyl halides is 6. The van der Waals surface area contributed by atoms with Gasteiger partial charge in [0.2, 0.25) is 5.91 Å². The van der Waals surface area contributed by atoms with E-state index in [1.54, 1.807) is 20.8 Å². The zero-order valence-corrected chi connectivity index (χ0v) is 18.6. The number of hydrogen-bond donors (Lipinski definition) is 2. The van der Waals surface area contributed by atoms with Crippen molar-refractivity contribution in [3.63, 3.8) is 0 Å². The SMILES string of the molecule is Cc1c(O)ccc2c1C(=O)N(Cc1cc(C(F)(F)F)cc(C(F)(F)F)c1)C2C(=O)NC(C)(C)C. The first-order valence-corrected chi connectivity index (χ1v) is 10.1. The number of phenolic OH excluding ortho intramolecular Hbond substituents is 1. The van der Waals surface area contributed by atoms with E-state index in [9.17, 15) is 41.0 Å². The third-order valence-corrected chi connectivity index (χ3v) is 5.30. The Hall–Kier alpha value is -3.24. The predicted molar refractivity (Wildman–Crippen MR) is 110 cm³/mol. The normalized spacial score (nSPS) is 16.6. The maximum Gasteiger partial charge on any atom is 0.416 e. The molecule has 184 valence electrons. The standard InChI is InChI=1S/C23H22F6N2O3/c1-11-16(32)6-5-15-17(11)20(34)31(18(15)19(33)30-21(2,3)4)10-12-7-13(22(24,25)26)9-14(8-12)23(27,28)29/h5-9,18,32H,10H2,1-4H3,(H,30,33). The molecule has 0 fully saturated rings. The molecule has 0 radical (unpaired) electrons. The lowest BCUT2D eigenvalue weighted by atomic mass is 9.98. The molecule has 11 heteroatoms. The van der Waals surface area contributed by atoms with E-state index in [1.165, 1.54) is 19.1 Å². The van der Waals surface area contributed by atoms with Gasteiger partial charge >= 0.3 is 12.4 Å². The van der Waals surface area contributed by atoms with Crippen molar-refractivity contribution in [3.05, 3.63) is 63.7 Å². The second kappa shape index (κ2) is 8.21. The summed E-state index contributed by atoms with van der Waals surface area (Å²) in [7, 11) is 0. The van der Waals surface area contributed by atoms with E-state index in [0.29, 0.717) is 12.1 Å². The minimum atomic E-state index is -5.06. The number of nitrogens with zero attached hydrogens (tertiary/aromatic N) is 1. The highest BCUT2D eigenvalue weighted by Crippen LogP contribution is 2.41. The number of carbonyl (C=O) groups is 2. The fourth-order valence-electron chi connectivity index (χ4n) is 3.85. The summed E-state index contributed by atoms with van der Waals surface area (Å²) in [5.74, 6) is -1.68. The fraction of sp³-hybridized carbons (Fsp3) is 0.391. The number of fused-ring (bicyclic) bond motifs is 1. The Morgan fingerprint density at radius 2 is 1.53 bits per heavy atom. The van der Waals surface area contributed by atoms with Gasteiger partial charge in [0.25, 0.3) is 5.91 Å². The fourth-order valence-corrected chi connectivity index (χ4v) is 3.85. The average Bonchev–Trinajstić information content (AvgIpc) is 2.94. The summed E-state index contributed by atoms with van der Waals surface area (Å²) >= 11 is 0. The Balaban J connectivity index is 2.13. The first-order chi connectivity index (χ1) is 15.4. The number of amides is 2. The zero-order chi connectivity index (χ0) is 25.8. The number of phenols is 1. The smallest absolute Gasteiger partial charge is 0.416 e. The van der Waals surface area contributed by atoms with E-state index < -0.39 is 59.0 Å². The van der Waals surface area contributed by atoms with Crippen molar-refractivity contribution < 1.29 is 41.0 Å². The highest BCUT2D eigenvalue weighted by Gasteiger charge is 2.44. The summed E-state index contributed by atoms with van der Waals surface area (Å²) in [6, 6.07) is 2.34. The molecule has 3 rings (SSSR count). The van der Waals surface area contributed by atoms with Gasteiger partial charge in [-0.15, -0.1) is 0 Å². The van der Waals surface area contributed by atoms with Gasteiger partial charge in [0.1, 0.15) is 11.8 Å². The van der Waals surface area contributed by atoms with Crippen molar-refractivity contribution in [2.45, 2.75) is 58.2 Å². The van der Waals surface area contributed by atoms with E-state index >= 15 is 0 Å². The van der Waals surface area contributed by atoms with Crippen LogP contribution >= 0.6 is 0 Å². The zero-order valence-electron chi connectivity index (χ0n) is 18.6. The Morgan fingerprint density at radius 3 is 2.00 bits per heavy atom. The van der Waals surface area contributed by atoms with Gasteiger partial charge < -0.3 is 15.3 Å². The molecule has 0 saturated heterocycles. The molecule has 0 saturated carbocycles. The molecular weight excluding hydrogens is 466 g/mol. The number of benzene rings is 2. The first-order valence-electron chi connectivity index (χ1n) is 10.1. The van der Waals surface area contributed by atoms with Gasteiger partial charge in [-0.25, -0.2) is 0 Å². The van der Waals surface area contributed by atoms with Gasteiger partial charge in [0, 0.05) is 17.6 Å².